The summed E-state index contributed by atoms with van der Waals surface area (Å²) in [7, 11) is 0. The molecule has 0 radical (unpaired) electrons. The van der Waals surface area contributed by atoms with Gasteiger partial charge in [-0.3, -0.25) is 4.90 Å². The first-order valence-electron chi connectivity index (χ1n) is 6.32. The maximum Gasteiger partial charge on any atom is 0.0678 e. The van der Waals surface area contributed by atoms with Gasteiger partial charge in [-0.1, -0.05) is 0 Å². The third kappa shape index (κ3) is 2.56. The zero-order chi connectivity index (χ0) is 11.8. The molecule has 16 heavy (non-hydrogen) atoms. The van der Waals surface area contributed by atoms with E-state index >= 15 is 0 Å². The van der Waals surface area contributed by atoms with Gasteiger partial charge in [0.25, 0.3) is 0 Å². The number of nitrogens with zero attached hydrogens (tertiary/aromatic N) is 1. The van der Waals surface area contributed by atoms with Gasteiger partial charge in [0.1, 0.15) is 0 Å². The van der Waals surface area contributed by atoms with Gasteiger partial charge in [0, 0.05) is 24.7 Å². The van der Waals surface area contributed by atoms with Crippen LogP contribution in [0.1, 0.15) is 33.1 Å². The Balaban J connectivity index is 1.93. The molecule has 3 N–H and O–H groups in total. The standard InChI is InChI=1S/C12H24N2O2/c1-9-6-14(7-10(2)16-9)11-3-4-12(13,5-11)8-15/h9-11,15H,3-8,13H2,1-2H3. The monoisotopic (exact) mass is 228 g/mol. The highest BCUT2D eigenvalue weighted by atomic mass is 16.5. The van der Waals surface area contributed by atoms with Gasteiger partial charge < -0.3 is 15.6 Å². The van der Waals surface area contributed by atoms with Crippen LogP contribution >= 0.6 is 0 Å². The summed E-state index contributed by atoms with van der Waals surface area (Å²) in [6.07, 6.45) is 3.59. The Bertz CT molecular complexity index is 239. The molecule has 0 aromatic heterocycles. The third-order valence-electron chi connectivity index (χ3n) is 3.90. The normalized spacial score (nSPS) is 46.1. The maximum atomic E-state index is 9.28. The third-order valence-corrected chi connectivity index (χ3v) is 3.90. The second kappa shape index (κ2) is 4.61. The summed E-state index contributed by atoms with van der Waals surface area (Å²) in [6.45, 7) is 6.35. The number of aliphatic hydroxyl groups is 1. The molecule has 2 aliphatic rings. The first kappa shape index (κ1) is 12.3. The van der Waals surface area contributed by atoms with E-state index in [0.717, 1.165) is 32.4 Å². The van der Waals surface area contributed by atoms with E-state index in [4.69, 9.17) is 10.5 Å². The van der Waals surface area contributed by atoms with Crippen LogP contribution in [0, 0.1) is 0 Å². The second-order valence-electron chi connectivity index (χ2n) is 5.63. The van der Waals surface area contributed by atoms with Gasteiger partial charge in [-0.05, 0) is 33.1 Å². The van der Waals surface area contributed by atoms with Gasteiger partial charge >= 0.3 is 0 Å². The average Bonchev–Trinajstić information content (AvgIpc) is 2.61. The van der Waals surface area contributed by atoms with Crippen LogP contribution in [-0.4, -0.2) is 53.5 Å². The highest BCUT2D eigenvalue weighted by molar-refractivity contribution is 4.98. The highest BCUT2D eigenvalue weighted by Crippen LogP contribution is 2.32. The molecule has 1 saturated heterocycles. The van der Waals surface area contributed by atoms with E-state index in [1.807, 2.05) is 0 Å². The van der Waals surface area contributed by atoms with Crippen LogP contribution < -0.4 is 5.73 Å². The van der Waals surface area contributed by atoms with Crippen molar-refractivity contribution in [2.24, 2.45) is 5.73 Å². The van der Waals surface area contributed by atoms with E-state index in [1.54, 1.807) is 0 Å². The lowest BCUT2D eigenvalue weighted by atomic mass is 10.00. The van der Waals surface area contributed by atoms with Crippen LogP contribution in [-0.2, 0) is 4.74 Å². The Labute approximate surface area is 97.7 Å². The summed E-state index contributed by atoms with van der Waals surface area (Å²) in [4.78, 5) is 2.49. The van der Waals surface area contributed by atoms with Crippen molar-refractivity contribution in [1.82, 2.24) is 4.90 Å². The number of ether oxygens (including phenoxy) is 1. The van der Waals surface area contributed by atoms with Gasteiger partial charge in [-0.2, -0.15) is 0 Å². The van der Waals surface area contributed by atoms with E-state index in [1.165, 1.54) is 0 Å². The van der Waals surface area contributed by atoms with E-state index in [9.17, 15) is 5.11 Å². The molecular formula is C12H24N2O2. The Morgan fingerprint density at radius 1 is 1.38 bits per heavy atom. The number of hydrogen-bond donors (Lipinski definition) is 2. The van der Waals surface area contributed by atoms with Crippen molar-refractivity contribution in [3.8, 4) is 0 Å². The minimum atomic E-state index is -0.338. The topological polar surface area (TPSA) is 58.7 Å². The Morgan fingerprint density at radius 3 is 2.50 bits per heavy atom. The fourth-order valence-corrected chi connectivity index (χ4v) is 3.10. The summed E-state index contributed by atoms with van der Waals surface area (Å²) in [5, 5.41) is 9.28. The smallest absolute Gasteiger partial charge is 0.0678 e. The lowest BCUT2D eigenvalue weighted by Crippen LogP contribution is -2.51. The molecule has 1 heterocycles. The molecule has 4 unspecified atom stereocenters. The molecule has 0 spiro atoms. The van der Waals surface area contributed by atoms with Gasteiger partial charge in [-0.15, -0.1) is 0 Å². The lowest BCUT2D eigenvalue weighted by Gasteiger charge is -2.39. The van der Waals surface area contributed by atoms with Crippen LogP contribution in [0.4, 0.5) is 0 Å². The molecule has 1 saturated carbocycles. The largest absolute Gasteiger partial charge is 0.394 e. The summed E-state index contributed by atoms with van der Waals surface area (Å²) >= 11 is 0. The fraction of sp³-hybridized carbons (Fsp3) is 1.00. The van der Waals surface area contributed by atoms with Crippen molar-refractivity contribution in [2.75, 3.05) is 19.7 Å². The van der Waals surface area contributed by atoms with Crippen LogP contribution in [0.2, 0.25) is 0 Å². The molecule has 0 aromatic rings. The molecular weight excluding hydrogens is 204 g/mol. The van der Waals surface area contributed by atoms with Crippen LogP contribution in [0.25, 0.3) is 0 Å². The zero-order valence-electron chi connectivity index (χ0n) is 10.4. The molecule has 4 heteroatoms. The highest BCUT2D eigenvalue weighted by Gasteiger charge is 2.39. The molecule has 2 rings (SSSR count). The van der Waals surface area contributed by atoms with Gasteiger partial charge in [0.15, 0.2) is 0 Å². The summed E-state index contributed by atoms with van der Waals surface area (Å²) in [5.41, 5.74) is 5.78. The SMILES string of the molecule is CC1CN(C2CCC(N)(CO)C2)CC(C)O1. The average molecular weight is 228 g/mol. The first-order chi connectivity index (χ1) is 7.52. The maximum absolute atomic E-state index is 9.28. The van der Waals surface area contributed by atoms with Crippen molar-refractivity contribution < 1.29 is 9.84 Å². The fourth-order valence-electron chi connectivity index (χ4n) is 3.10. The van der Waals surface area contributed by atoms with Crippen molar-refractivity contribution in [3.63, 3.8) is 0 Å². The minimum absolute atomic E-state index is 0.110. The van der Waals surface area contributed by atoms with Crippen molar-refractivity contribution >= 4 is 0 Å². The molecule has 1 aliphatic heterocycles. The van der Waals surface area contributed by atoms with Gasteiger partial charge in [-0.25, -0.2) is 0 Å². The number of rotatable bonds is 2. The predicted molar refractivity (Wildman–Crippen MR) is 63.2 cm³/mol. The lowest BCUT2D eigenvalue weighted by molar-refractivity contribution is -0.0802. The van der Waals surface area contributed by atoms with E-state index in [0.29, 0.717) is 18.2 Å². The Kier molecular flexibility index (Phi) is 3.54. The van der Waals surface area contributed by atoms with E-state index in [-0.39, 0.29) is 12.1 Å². The molecule has 2 fully saturated rings. The van der Waals surface area contributed by atoms with Crippen LogP contribution in [0.15, 0.2) is 0 Å². The minimum Gasteiger partial charge on any atom is -0.394 e. The van der Waals surface area contributed by atoms with Crippen molar-refractivity contribution in [3.05, 3.63) is 0 Å². The van der Waals surface area contributed by atoms with Crippen molar-refractivity contribution in [2.45, 2.75) is 56.9 Å². The predicted octanol–water partition coefficient (Wildman–Crippen LogP) is 0.338. The van der Waals surface area contributed by atoms with E-state index in [2.05, 4.69) is 18.7 Å². The molecule has 0 aromatic carbocycles. The Hall–Kier alpha value is -0.160. The first-order valence-corrected chi connectivity index (χ1v) is 6.32. The summed E-state index contributed by atoms with van der Waals surface area (Å²) in [6, 6.07) is 0.533. The number of morpholine rings is 1. The van der Waals surface area contributed by atoms with E-state index < -0.39 is 0 Å². The number of hydrogen-bond acceptors (Lipinski definition) is 4. The molecule has 0 bridgehead atoms. The Morgan fingerprint density at radius 2 is 2.00 bits per heavy atom. The molecule has 4 atom stereocenters. The molecule has 94 valence electrons. The summed E-state index contributed by atoms with van der Waals surface area (Å²) in [5.74, 6) is 0. The number of nitrogens with two attached hydrogens (primary N) is 1. The van der Waals surface area contributed by atoms with Gasteiger partial charge in [0.2, 0.25) is 0 Å². The second-order valence-corrected chi connectivity index (χ2v) is 5.63. The van der Waals surface area contributed by atoms with Crippen LogP contribution in [0.5, 0.6) is 0 Å². The van der Waals surface area contributed by atoms with Crippen LogP contribution in [0.3, 0.4) is 0 Å². The zero-order valence-corrected chi connectivity index (χ0v) is 10.4. The van der Waals surface area contributed by atoms with Crippen molar-refractivity contribution in [1.29, 1.82) is 0 Å². The van der Waals surface area contributed by atoms with Gasteiger partial charge in [0.05, 0.1) is 18.8 Å². The molecule has 4 nitrogen and oxygen atoms in total. The number of aliphatic hydroxyl groups excluding tert-OH is 1. The molecule has 0 amide bonds. The summed E-state index contributed by atoms with van der Waals surface area (Å²) < 4.78 is 5.73. The molecule has 1 aliphatic carbocycles. The quantitative estimate of drug-likeness (QED) is 0.715.